The molecule has 88 valence electrons. The van der Waals surface area contributed by atoms with Crippen molar-refractivity contribution in [2.45, 2.75) is 24.4 Å². The van der Waals surface area contributed by atoms with Crippen LogP contribution < -0.4 is 0 Å². The van der Waals surface area contributed by atoms with Crippen molar-refractivity contribution in [3.8, 4) is 0 Å². The molecule has 0 aromatic heterocycles. The molecule has 1 rings (SSSR count). The van der Waals surface area contributed by atoms with Crippen molar-refractivity contribution < 1.29 is 30.3 Å². The number of amides is 1. The minimum atomic E-state index is -1.44. The molecule has 5 unspecified atom stereocenters. The van der Waals surface area contributed by atoms with Crippen LogP contribution in [0.15, 0.2) is 0 Å². The van der Waals surface area contributed by atoms with Gasteiger partial charge in [0.2, 0.25) is 0 Å². The van der Waals surface area contributed by atoms with Gasteiger partial charge in [-0.05, 0) is 0 Å². The summed E-state index contributed by atoms with van der Waals surface area (Å²) in [7, 11) is 1.21. The molecule has 0 aliphatic heterocycles. The Hall–Kier alpha value is -0.890. The van der Waals surface area contributed by atoms with Gasteiger partial charge in [0.15, 0.2) is 0 Å². The highest BCUT2D eigenvalue weighted by Gasteiger charge is 2.51. The fraction of sp³-hybridized carbons (Fsp3) is 0.875. The Kier molecular flexibility index (Phi) is 3.50. The van der Waals surface area contributed by atoms with Crippen molar-refractivity contribution in [1.82, 2.24) is 4.90 Å². The summed E-state index contributed by atoms with van der Waals surface area (Å²) in [5, 5.41) is 46.0. The SMILES string of the molecule is CN(C(=O)O)C1C(O)C(O)C(O)C1CO. The number of carboxylic acid groups (broad SMARTS) is 1. The molecule has 1 fully saturated rings. The van der Waals surface area contributed by atoms with Crippen molar-refractivity contribution in [2.24, 2.45) is 5.92 Å². The van der Waals surface area contributed by atoms with Gasteiger partial charge >= 0.3 is 6.09 Å². The zero-order valence-corrected chi connectivity index (χ0v) is 8.19. The highest BCUT2D eigenvalue weighted by atomic mass is 16.4. The molecule has 0 radical (unpaired) electrons. The van der Waals surface area contributed by atoms with E-state index in [9.17, 15) is 20.1 Å². The van der Waals surface area contributed by atoms with E-state index >= 15 is 0 Å². The first-order chi connectivity index (χ1) is 6.91. The first-order valence-corrected chi connectivity index (χ1v) is 4.52. The van der Waals surface area contributed by atoms with Gasteiger partial charge in [-0.3, -0.25) is 0 Å². The second kappa shape index (κ2) is 4.31. The molecule has 0 bridgehead atoms. The highest BCUT2D eigenvalue weighted by molar-refractivity contribution is 5.65. The molecule has 0 spiro atoms. The van der Waals surface area contributed by atoms with Crippen LogP contribution in [0.2, 0.25) is 0 Å². The first kappa shape index (κ1) is 12.2. The molecule has 1 amide bonds. The molecule has 1 saturated carbocycles. The summed E-state index contributed by atoms with van der Waals surface area (Å²) in [5.41, 5.74) is 0. The molecule has 7 nitrogen and oxygen atoms in total. The molecule has 0 saturated heterocycles. The van der Waals surface area contributed by atoms with Crippen molar-refractivity contribution in [3.63, 3.8) is 0 Å². The largest absolute Gasteiger partial charge is 0.465 e. The molecule has 0 aromatic carbocycles. The van der Waals surface area contributed by atoms with Gasteiger partial charge in [0.1, 0.15) is 12.2 Å². The summed E-state index contributed by atoms with van der Waals surface area (Å²) >= 11 is 0. The second-order valence-corrected chi connectivity index (χ2v) is 3.70. The topological polar surface area (TPSA) is 121 Å². The lowest BCUT2D eigenvalue weighted by Gasteiger charge is -2.28. The van der Waals surface area contributed by atoms with Gasteiger partial charge in [-0.2, -0.15) is 0 Å². The third-order valence-corrected chi connectivity index (χ3v) is 2.89. The lowest BCUT2D eigenvalue weighted by molar-refractivity contribution is -0.0333. The predicted octanol–water partition coefficient (Wildman–Crippen LogP) is -2.33. The Morgan fingerprint density at radius 3 is 2.13 bits per heavy atom. The molecule has 5 atom stereocenters. The molecule has 1 aliphatic rings. The zero-order valence-electron chi connectivity index (χ0n) is 8.19. The number of hydrogen-bond donors (Lipinski definition) is 5. The lowest BCUT2D eigenvalue weighted by Crippen LogP contribution is -2.47. The van der Waals surface area contributed by atoms with Crippen LogP contribution in [0.25, 0.3) is 0 Å². The third kappa shape index (κ3) is 1.91. The number of aliphatic hydroxyl groups excluding tert-OH is 4. The monoisotopic (exact) mass is 221 g/mol. The van der Waals surface area contributed by atoms with Gasteiger partial charge in [0, 0.05) is 13.0 Å². The van der Waals surface area contributed by atoms with E-state index in [1.54, 1.807) is 0 Å². The van der Waals surface area contributed by atoms with Gasteiger partial charge in [-0.25, -0.2) is 4.79 Å². The Morgan fingerprint density at radius 2 is 1.73 bits per heavy atom. The predicted molar refractivity (Wildman–Crippen MR) is 48.2 cm³/mol. The van der Waals surface area contributed by atoms with Crippen LogP contribution in [0, 0.1) is 5.92 Å². The number of aliphatic hydroxyl groups is 4. The van der Waals surface area contributed by atoms with E-state index in [1.807, 2.05) is 0 Å². The summed E-state index contributed by atoms with van der Waals surface area (Å²) in [5.74, 6) is -0.879. The maximum atomic E-state index is 10.7. The summed E-state index contributed by atoms with van der Waals surface area (Å²) in [6.07, 6.45) is -5.44. The normalized spacial score (nSPS) is 40.5. The van der Waals surface area contributed by atoms with Crippen LogP contribution in [0.4, 0.5) is 4.79 Å². The Morgan fingerprint density at radius 1 is 1.20 bits per heavy atom. The molecule has 0 aromatic rings. The van der Waals surface area contributed by atoms with Crippen LogP contribution in [0.5, 0.6) is 0 Å². The fourth-order valence-corrected chi connectivity index (χ4v) is 1.97. The van der Waals surface area contributed by atoms with E-state index < -0.39 is 43.0 Å². The molecule has 15 heavy (non-hydrogen) atoms. The van der Waals surface area contributed by atoms with Gasteiger partial charge in [0.05, 0.1) is 18.8 Å². The smallest absolute Gasteiger partial charge is 0.407 e. The number of likely N-dealkylation sites (N-methyl/N-ethyl adjacent to an activating group) is 1. The average Bonchev–Trinajstić information content (AvgIpc) is 2.41. The summed E-state index contributed by atoms with van der Waals surface area (Å²) in [6.45, 7) is -0.502. The zero-order chi connectivity index (χ0) is 11.7. The fourth-order valence-electron chi connectivity index (χ4n) is 1.97. The van der Waals surface area contributed by atoms with Crippen LogP contribution in [-0.4, -0.2) is 74.5 Å². The van der Waals surface area contributed by atoms with E-state index in [1.165, 1.54) is 7.05 Å². The number of carbonyl (C=O) groups is 1. The van der Waals surface area contributed by atoms with Crippen LogP contribution >= 0.6 is 0 Å². The molecule has 1 aliphatic carbocycles. The lowest BCUT2D eigenvalue weighted by atomic mass is 10.0. The Labute approximate surface area is 86.2 Å². The maximum Gasteiger partial charge on any atom is 0.407 e. The maximum absolute atomic E-state index is 10.7. The molecular formula is C8H15NO6. The number of rotatable bonds is 2. The molecule has 7 heteroatoms. The van der Waals surface area contributed by atoms with Crippen LogP contribution in [-0.2, 0) is 0 Å². The van der Waals surface area contributed by atoms with Crippen molar-refractivity contribution in [1.29, 1.82) is 0 Å². The summed E-state index contributed by atoms with van der Waals surface area (Å²) in [6, 6.07) is -1.00. The van der Waals surface area contributed by atoms with Crippen LogP contribution in [0.3, 0.4) is 0 Å². The second-order valence-electron chi connectivity index (χ2n) is 3.70. The van der Waals surface area contributed by atoms with Crippen molar-refractivity contribution >= 4 is 6.09 Å². The third-order valence-electron chi connectivity index (χ3n) is 2.89. The van der Waals surface area contributed by atoms with E-state index in [4.69, 9.17) is 10.2 Å². The quantitative estimate of drug-likeness (QED) is 0.356. The summed E-state index contributed by atoms with van der Waals surface area (Å²) in [4.78, 5) is 11.5. The summed E-state index contributed by atoms with van der Waals surface area (Å²) < 4.78 is 0. The van der Waals surface area contributed by atoms with Gasteiger partial charge in [-0.1, -0.05) is 0 Å². The van der Waals surface area contributed by atoms with E-state index in [0.717, 1.165) is 4.90 Å². The molecule has 0 heterocycles. The Bertz CT molecular complexity index is 247. The minimum Gasteiger partial charge on any atom is -0.465 e. The molecule has 5 N–H and O–H groups in total. The number of hydrogen-bond acceptors (Lipinski definition) is 5. The standard InChI is InChI=1S/C8H15NO6/c1-9(8(14)15)4-3(2-10)5(11)7(13)6(4)12/h3-7,10-13H,2H2,1H3,(H,14,15). The van der Waals surface area contributed by atoms with E-state index in [0.29, 0.717) is 0 Å². The van der Waals surface area contributed by atoms with Gasteiger partial charge < -0.3 is 30.4 Å². The van der Waals surface area contributed by atoms with Crippen LogP contribution in [0.1, 0.15) is 0 Å². The molecular weight excluding hydrogens is 206 g/mol. The van der Waals surface area contributed by atoms with Crippen molar-refractivity contribution in [3.05, 3.63) is 0 Å². The average molecular weight is 221 g/mol. The van der Waals surface area contributed by atoms with Crippen molar-refractivity contribution in [2.75, 3.05) is 13.7 Å². The van der Waals surface area contributed by atoms with Gasteiger partial charge in [-0.15, -0.1) is 0 Å². The van der Waals surface area contributed by atoms with E-state index in [-0.39, 0.29) is 0 Å². The van der Waals surface area contributed by atoms with Gasteiger partial charge in [0.25, 0.3) is 0 Å². The first-order valence-electron chi connectivity index (χ1n) is 4.52. The highest BCUT2D eigenvalue weighted by Crippen LogP contribution is 2.30. The minimum absolute atomic E-state index is 0.502. The number of nitrogens with zero attached hydrogens (tertiary/aromatic N) is 1. The Balaban J connectivity index is 2.90. The van der Waals surface area contributed by atoms with E-state index in [2.05, 4.69) is 0 Å².